The molecule has 0 aliphatic heterocycles. The molecule has 0 unspecified atom stereocenters. The Hall–Kier alpha value is 1.54. The van der Waals surface area contributed by atoms with Gasteiger partial charge in [0.1, 0.15) is 0 Å². The van der Waals surface area contributed by atoms with Gasteiger partial charge >= 0.3 is 52.6 Å². The van der Waals surface area contributed by atoms with Crippen molar-refractivity contribution < 1.29 is 14.1 Å². The predicted molar refractivity (Wildman–Crippen MR) is 22.0 cm³/mol. The van der Waals surface area contributed by atoms with Crippen LogP contribution in [0.4, 0.5) is 0 Å². The van der Waals surface area contributed by atoms with E-state index in [1.807, 2.05) is 0 Å². The molecule has 0 saturated heterocycles. The molecule has 0 N–H and O–H groups in total. The molecule has 0 amide bonds. The fraction of sp³-hybridized carbons (Fsp3) is 1.00. The van der Waals surface area contributed by atoms with Gasteiger partial charge in [0.15, 0.2) is 0 Å². The summed E-state index contributed by atoms with van der Waals surface area (Å²) in [7, 11) is 3.77. The normalized spacial score (nSPS) is 2.75. The topological polar surface area (TPSA) is 0 Å². The zero-order chi connectivity index (χ0) is 4.00. The van der Waals surface area contributed by atoms with Crippen molar-refractivity contribution in [3.63, 3.8) is 0 Å². The van der Waals surface area contributed by atoms with Crippen molar-refractivity contribution in [2.45, 2.75) is 4.87 Å². The molecular formula is CH5CoSSb. The van der Waals surface area contributed by atoms with Crippen LogP contribution in [-0.4, -0.2) is 23.0 Å². The molecule has 0 aliphatic rings. The molecule has 0 aliphatic carbocycles. The van der Waals surface area contributed by atoms with Gasteiger partial charge in [-0.1, -0.05) is 0 Å². The molecule has 29 valence electrons. The first-order valence-electron chi connectivity index (χ1n) is 0.713. The molecule has 0 aromatic rings. The van der Waals surface area contributed by atoms with Crippen LogP contribution < -0.4 is 0 Å². The van der Waals surface area contributed by atoms with E-state index < -0.39 is 0 Å². The summed E-state index contributed by atoms with van der Waals surface area (Å²) in [5, 5.41) is 0. The predicted octanol–water partition coefficient (Wildman–Crippen LogP) is 0.313. The Labute approximate surface area is 52.3 Å². The van der Waals surface area contributed by atoms with Crippen LogP contribution >= 0.6 is 10.6 Å². The van der Waals surface area contributed by atoms with E-state index in [1.165, 1.54) is 23.0 Å². The molecule has 0 aromatic heterocycles. The summed E-state index contributed by atoms with van der Waals surface area (Å²) < 4.78 is 0. The molecule has 0 spiro atoms. The van der Waals surface area contributed by atoms with Gasteiger partial charge in [-0.05, 0) is 0 Å². The average molecular weight is 230 g/mol. The van der Waals surface area contributed by atoms with E-state index >= 15 is 0 Å². The number of hydrogen-bond acceptors (Lipinski definition) is 1. The van der Waals surface area contributed by atoms with Crippen molar-refractivity contribution >= 4 is 33.6 Å². The minimum absolute atomic E-state index is 1.35. The zero-order valence-corrected chi connectivity index (χ0v) is 7.47. The maximum absolute atomic E-state index is 3.77. The summed E-state index contributed by atoms with van der Waals surface area (Å²) in [5.74, 6) is 0. The molecule has 0 rings (SSSR count). The Morgan fingerprint density at radius 3 is 1.50 bits per heavy atom. The summed E-state index contributed by atoms with van der Waals surface area (Å²) in [4.78, 5) is 2.13. The van der Waals surface area contributed by atoms with E-state index in [0.29, 0.717) is 0 Å². The van der Waals surface area contributed by atoms with Gasteiger partial charge in [0, 0.05) is 0 Å². The van der Waals surface area contributed by atoms with Crippen LogP contribution in [0, 0.1) is 0 Å². The third-order valence-corrected chi connectivity index (χ3v) is 0. The molecule has 3 heteroatoms. The third kappa shape index (κ3) is 9.62. The molecule has 0 aromatic carbocycles. The molecule has 4 heavy (non-hydrogen) atoms. The van der Waals surface area contributed by atoms with Crippen LogP contribution in [0.5, 0.6) is 0 Å². The first-order chi connectivity index (χ1) is 2.00. The second-order valence-electron chi connectivity index (χ2n) is 0. The maximum atomic E-state index is 3.77. The van der Waals surface area contributed by atoms with E-state index in [9.17, 15) is 0 Å². The molecule has 0 nitrogen and oxygen atoms in total. The second-order valence-corrected chi connectivity index (χ2v) is 0. The summed E-state index contributed by atoms with van der Waals surface area (Å²) >= 11 is 4.50. The molecule has 0 heterocycles. The van der Waals surface area contributed by atoms with Crippen LogP contribution in [-0.2, 0) is 14.1 Å². The minimum atomic E-state index is 1.35. The number of hydrogen-bond donors (Lipinski definition) is 0. The monoisotopic (exact) mass is 229 g/mol. The van der Waals surface area contributed by atoms with E-state index in [0.717, 1.165) is 0 Å². The Kier molecular flexibility index (Phi) is 54.5. The summed E-state index contributed by atoms with van der Waals surface area (Å²) in [6.07, 6.45) is 0. The zero-order valence-electron chi connectivity index (χ0n) is 2.32. The van der Waals surface area contributed by atoms with Gasteiger partial charge in [-0.2, -0.15) is 0 Å². The Bertz CT molecular complexity index is 8.00. The van der Waals surface area contributed by atoms with Gasteiger partial charge < -0.3 is 0 Å². The van der Waals surface area contributed by atoms with Crippen LogP contribution in [0.25, 0.3) is 0 Å². The van der Waals surface area contributed by atoms with Gasteiger partial charge in [-0.25, -0.2) is 0 Å². The van der Waals surface area contributed by atoms with Crippen LogP contribution in [0.1, 0.15) is 0 Å². The van der Waals surface area contributed by atoms with Crippen LogP contribution in [0.2, 0.25) is 4.87 Å². The molecule has 0 fully saturated rings. The van der Waals surface area contributed by atoms with E-state index in [-0.39, 0.29) is 0 Å². The first-order valence-corrected chi connectivity index (χ1v) is 5.56. The Morgan fingerprint density at radius 2 is 1.50 bits per heavy atom. The van der Waals surface area contributed by atoms with Crippen molar-refractivity contribution in [3.8, 4) is 0 Å². The Balaban J connectivity index is 0. The van der Waals surface area contributed by atoms with Crippen LogP contribution in [0.15, 0.2) is 0 Å². The van der Waals surface area contributed by atoms with E-state index in [2.05, 4.69) is 29.6 Å². The fourth-order valence-corrected chi connectivity index (χ4v) is 0. The number of rotatable bonds is 0. The van der Waals surface area contributed by atoms with E-state index in [1.54, 1.807) is 0 Å². The van der Waals surface area contributed by atoms with Gasteiger partial charge in [0.05, 0.1) is 0 Å². The van der Waals surface area contributed by atoms with Crippen molar-refractivity contribution in [2.75, 3.05) is 0 Å². The van der Waals surface area contributed by atoms with Crippen molar-refractivity contribution in [1.82, 2.24) is 0 Å². The van der Waals surface area contributed by atoms with Crippen molar-refractivity contribution in [3.05, 3.63) is 0 Å². The van der Waals surface area contributed by atoms with Gasteiger partial charge in [0.25, 0.3) is 0 Å². The summed E-state index contributed by atoms with van der Waals surface area (Å²) in [6.45, 7) is 0. The molecule has 0 bridgehead atoms. The van der Waals surface area contributed by atoms with Crippen molar-refractivity contribution in [1.29, 1.82) is 0 Å². The molecule has 0 atom stereocenters. The van der Waals surface area contributed by atoms with Gasteiger partial charge in [-0.3, -0.25) is 0 Å². The fourth-order valence-electron chi connectivity index (χ4n) is 0. The SMILES string of the molecule is [CH3][SbH2].[S]=[Co]. The molecular weight excluding hydrogens is 225 g/mol. The first kappa shape index (κ1) is 9.11. The summed E-state index contributed by atoms with van der Waals surface area (Å²) in [5.41, 5.74) is 0. The third-order valence-electron chi connectivity index (χ3n) is 0. The van der Waals surface area contributed by atoms with Gasteiger partial charge in [0.2, 0.25) is 0 Å². The van der Waals surface area contributed by atoms with E-state index in [4.69, 9.17) is 0 Å². The van der Waals surface area contributed by atoms with Gasteiger partial charge in [-0.15, -0.1) is 0 Å². The van der Waals surface area contributed by atoms with Crippen LogP contribution in [0.3, 0.4) is 0 Å². The summed E-state index contributed by atoms with van der Waals surface area (Å²) in [6, 6.07) is 0. The van der Waals surface area contributed by atoms with Crippen molar-refractivity contribution in [2.24, 2.45) is 0 Å². The second kappa shape index (κ2) is 23.9. The standard InChI is InChI=1S/CH3.Co.S.Sb.2H/h1H3;;;;;. The Morgan fingerprint density at radius 1 is 1.50 bits per heavy atom. The molecule has 0 saturated carbocycles. The quantitative estimate of drug-likeness (QED) is 0.539. The average Bonchev–Trinajstić information content (AvgIpc) is 1.50. The molecule has 0 radical (unpaired) electrons.